The van der Waals surface area contributed by atoms with Gasteiger partial charge in [0, 0.05) is 12.1 Å². The summed E-state index contributed by atoms with van der Waals surface area (Å²) in [5, 5.41) is 5.21. The van der Waals surface area contributed by atoms with Crippen LogP contribution < -0.4 is 19.3 Å². The smallest absolute Gasteiger partial charge is 0.245 e. The van der Waals surface area contributed by atoms with E-state index in [4.69, 9.17) is 19.3 Å². The number of rotatable bonds is 7. The highest BCUT2D eigenvalue weighted by Crippen LogP contribution is 2.37. The van der Waals surface area contributed by atoms with E-state index >= 15 is 0 Å². The van der Waals surface area contributed by atoms with Gasteiger partial charge in [0.1, 0.15) is 17.2 Å². The molecule has 0 spiro atoms. The molecule has 7 heteroatoms. The Balaban J connectivity index is 3.46. The first kappa shape index (κ1) is 15.6. The minimum atomic E-state index is -3.95. The van der Waals surface area contributed by atoms with Crippen LogP contribution in [0.5, 0.6) is 17.2 Å². The molecule has 0 saturated carbocycles. The molecule has 19 heavy (non-hydrogen) atoms. The molecular weight excluding hydrogens is 270 g/mol. The van der Waals surface area contributed by atoms with Gasteiger partial charge in [-0.1, -0.05) is 0 Å². The fourth-order valence-corrected chi connectivity index (χ4v) is 2.40. The van der Waals surface area contributed by atoms with Gasteiger partial charge in [-0.3, -0.25) is 0 Å². The van der Waals surface area contributed by atoms with Crippen molar-refractivity contribution in [1.29, 1.82) is 0 Å². The lowest BCUT2D eigenvalue weighted by atomic mass is 10.3. The van der Waals surface area contributed by atoms with Crippen molar-refractivity contribution in [2.24, 2.45) is 5.14 Å². The highest BCUT2D eigenvalue weighted by Gasteiger charge is 2.23. The van der Waals surface area contributed by atoms with Crippen LogP contribution >= 0.6 is 0 Å². The molecule has 0 aliphatic rings. The zero-order chi connectivity index (χ0) is 14.5. The van der Waals surface area contributed by atoms with Crippen LogP contribution in [0, 0.1) is 0 Å². The fourth-order valence-electron chi connectivity index (χ4n) is 1.61. The molecule has 0 aromatic heterocycles. The van der Waals surface area contributed by atoms with Crippen molar-refractivity contribution >= 4 is 10.0 Å². The van der Waals surface area contributed by atoms with E-state index in [1.54, 1.807) is 13.8 Å². The first-order valence-corrected chi connectivity index (χ1v) is 7.57. The van der Waals surface area contributed by atoms with Gasteiger partial charge >= 0.3 is 0 Å². The molecule has 6 nitrogen and oxygen atoms in total. The van der Waals surface area contributed by atoms with Gasteiger partial charge in [-0.15, -0.1) is 0 Å². The standard InChI is InChI=1S/C12H19NO5S/c1-4-16-9-7-10(17-5-2)12(19(13,14)15)11(8-9)18-6-3/h7-8H,4-6H2,1-3H3,(H2,13,14,15). The van der Waals surface area contributed by atoms with Gasteiger partial charge in [-0.2, -0.15) is 0 Å². The van der Waals surface area contributed by atoms with Crippen molar-refractivity contribution in [2.45, 2.75) is 25.7 Å². The minimum Gasteiger partial charge on any atom is -0.494 e. The van der Waals surface area contributed by atoms with E-state index in [1.807, 2.05) is 6.92 Å². The summed E-state index contributed by atoms with van der Waals surface area (Å²) >= 11 is 0. The fraction of sp³-hybridized carbons (Fsp3) is 0.500. The lowest BCUT2D eigenvalue weighted by molar-refractivity contribution is 0.294. The van der Waals surface area contributed by atoms with E-state index in [-0.39, 0.29) is 16.4 Å². The minimum absolute atomic E-state index is 0.138. The van der Waals surface area contributed by atoms with Crippen LogP contribution in [0.1, 0.15) is 20.8 Å². The Hall–Kier alpha value is -1.47. The van der Waals surface area contributed by atoms with E-state index < -0.39 is 10.0 Å². The quantitative estimate of drug-likeness (QED) is 0.822. The lowest BCUT2D eigenvalue weighted by Crippen LogP contribution is -2.16. The van der Waals surface area contributed by atoms with Gasteiger partial charge in [-0.05, 0) is 20.8 Å². The third kappa shape index (κ3) is 4.00. The predicted molar refractivity (Wildman–Crippen MR) is 71.3 cm³/mol. The Labute approximate surface area is 113 Å². The Bertz CT molecular complexity index is 500. The molecule has 0 heterocycles. The molecule has 108 valence electrons. The van der Waals surface area contributed by atoms with E-state index in [0.717, 1.165) is 0 Å². The molecular formula is C12H19NO5S. The molecule has 0 radical (unpaired) electrons. The zero-order valence-electron chi connectivity index (χ0n) is 11.3. The average Bonchev–Trinajstić information content (AvgIpc) is 2.28. The molecule has 2 N–H and O–H groups in total. The van der Waals surface area contributed by atoms with Crippen LogP contribution in [0.25, 0.3) is 0 Å². The van der Waals surface area contributed by atoms with Crippen LogP contribution in [-0.4, -0.2) is 28.2 Å². The second-order valence-corrected chi connectivity index (χ2v) is 5.09. The number of nitrogens with two attached hydrogens (primary N) is 1. The average molecular weight is 289 g/mol. The molecule has 0 atom stereocenters. The first-order chi connectivity index (χ1) is 8.93. The summed E-state index contributed by atoms with van der Waals surface area (Å²) in [4.78, 5) is -0.153. The highest BCUT2D eigenvalue weighted by atomic mass is 32.2. The van der Waals surface area contributed by atoms with E-state index in [2.05, 4.69) is 0 Å². The summed E-state index contributed by atoms with van der Waals surface area (Å²) in [7, 11) is -3.95. The normalized spacial score (nSPS) is 11.2. The first-order valence-electron chi connectivity index (χ1n) is 6.03. The summed E-state index contributed by atoms with van der Waals surface area (Å²) in [6.07, 6.45) is 0. The number of benzene rings is 1. The summed E-state index contributed by atoms with van der Waals surface area (Å²) in [5.41, 5.74) is 0. The topological polar surface area (TPSA) is 87.9 Å². The number of primary sulfonamides is 1. The maximum Gasteiger partial charge on any atom is 0.245 e. The van der Waals surface area contributed by atoms with Gasteiger partial charge in [-0.25, -0.2) is 13.6 Å². The van der Waals surface area contributed by atoms with Gasteiger partial charge in [0.05, 0.1) is 19.8 Å². The van der Waals surface area contributed by atoms with Crippen molar-refractivity contribution in [3.8, 4) is 17.2 Å². The Kier molecular flexibility index (Phi) is 5.44. The van der Waals surface area contributed by atoms with E-state index in [9.17, 15) is 8.42 Å². The van der Waals surface area contributed by atoms with Crippen molar-refractivity contribution in [3.63, 3.8) is 0 Å². The monoisotopic (exact) mass is 289 g/mol. The summed E-state index contributed by atoms with van der Waals surface area (Å²) in [5.74, 6) is 0.751. The Morgan fingerprint density at radius 3 is 1.68 bits per heavy atom. The molecule has 0 amide bonds. The van der Waals surface area contributed by atoms with Crippen LogP contribution in [0.2, 0.25) is 0 Å². The van der Waals surface area contributed by atoms with E-state index in [0.29, 0.717) is 25.6 Å². The van der Waals surface area contributed by atoms with Crippen LogP contribution in [0.4, 0.5) is 0 Å². The number of hydrogen-bond acceptors (Lipinski definition) is 5. The molecule has 0 unspecified atom stereocenters. The maximum atomic E-state index is 11.7. The Morgan fingerprint density at radius 2 is 1.37 bits per heavy atom. The summed E-state index contributed by atoms with van der Waals surface area (Å²) < 4.78 is 39.3. The lowest BCUT2D eigenvalue weighted by Gasteiger charge is -2.15. The molecule has 0 fully saturated rings. The number of sulfonamides is 1. The number of ether oxygens (including phenoxy) is 3. The van der Waals surface area contributed by atoms with Gasteiger partial charge in [0.25, 0.3) is 0 Å². The van der Waals surface area contributed by atoms with Crippen molar-refractivity contribution in [2.75, 3.05) is 19.8 Å². The van der Waals surface area contributed by atoms with Crippen molar-refractivity contribution in [1.82, 2.24) is 0 Å². The largest absolute Gasteiger partial charge is 0.494 e. The molecule has 0 bridgehead atoms. The van der Waals surface area contributed by atoms with E-state index in [1.165, 1.54) is 12.1 Å². The van der Waals surface area contributed by atoms with Crippen molar-refractivity contribution in [3.05, 3.63) is 12.1 Å². The Morgan fingerprint density at radius 1 is 0.947 bits per heavy atom. The van der Waals surface area contributed by atoms with Gasteiger partial charge in [0.2, 0.25) is 10.0 Å². The van der Waals surface area contributed by atoms with Crippen LogP contribution in [0.15, 0.2) is 17.0 Å². The third-order valence-electron chi connectivity index (χ3n) is 2.19. The number of hydrogen-bond donors (Lipinski definition) is 1. The maximum absolute atomic E-state index is 11.7. The van der Waals surface area contributed by atoms with Crippen LogP contribution in [-0.2, 0) is 10.0 Å². The molecule has 0 aliphatic carbocycles. The van der Waals surface area contributed by atoms with Gasteiger partial charge in [0.15, 0.2) is 4.90 Å². The van der Waals surface area contributed by atoms with Gasteiger partial charge < -0.3 is 14.2 Å². The van der Waals surface area contributed by atoms with Crippen molar-refractivity contribution < 1.29 is 22.6 Å². The zero-order valence-corrected chi connectivity index (χ0v) is 12.1. The molecule has 0 aliphatic heterocycles. The summed E-state index contributed by atoms with van der Waals surface area (Å²) in [6.45, 7) is 6.40. The van der Waals surface area contributed by atoms with Crippen LogP contribution in [0.3, 0.4) is 0 Å². The second kappa shape index (κ2) is 6.63. The summed E-state index contributed by atoms with van der Waals surface area (Å²) in [6, 6.07) is 2.99. The highest BCUT2D eigenvalue weighted by molar-refractivity contribution is 7.89. The SMILES string of the molecule is CCOc1cc(OCC)c(S(N)(=O)=O)c(OCC)c1. The molecule has 1 rings (SSSR count). The molecule has 1 aromatic carbocycles. The molecule has 0 saturated heterocycles. The predicted octanol–water partition coefficient (Wildman–Crippen LogP) is 1.53. The second-order valence-electron chi connectivity index (χ2n) is 3.59. The molecule has 1 aromatic rings. The third-order valence-corrected chi connectivity index (χ3v) is 3.16.